The first-order chi connectivity index (χ1) is 14.9. The number of nitrogens with zero attached hydrogens (tertiary/aromatic N) is 3. The average molecular weight is 463 g/mol. The van der Waals surface area contributed by atoms with Crippen molar-refractivity contribution < 1.29 is 17.9 Å². The van der Waals surface area contributed by atoms with Crippen LogP contribution in [0.4, 0.5) is 5.69 Å². The van der Waals surface area contributed by atoms with Gasteiger partial charge in [0, 0.05) is 24.2 Å². The van der Waals surface area contributed by atoms with Crippen LogP contribution in [0.3, 0.4) is 0 Å². The van der Waals surface area contributed by atoms with Gasteiger partial charge in [-0.15, -0.1) is 0 Å². The second-order valence-electron chi connectivity index (χ2n) is 6.90. The van der Waals surface area contributed by atoms with Crippen molar-refractivity contribution in [3.8, 4) is 0 Å². The third-order valence-corrected chi connectivity index (χ3v) is 7.24. The van der Waals surface area contributed by atoms with Gasteiger partial charge in [-0.2, -0.15) is 9.40 Å². The van der Waals surface area contributed by atoms with Gasteiger partial charge in [-0.05, 0) is 24.3 Å². The van der Waals surface area contributed by atoms with Gasteiger partial charge in [0.1, 0.15) is 11.4 Å². The Labute approximate surface area is 183 Å². The van der Waals surface area contributed by atoms with Crippen LogP contribution in [0.15, 0.2) is 58.4 Å². The van der Waals surface area contributed by atoms with E-state index in [4.69, 9.17) is 16.3 Å². The quantitative estimate of drug-likeness (QED) is 0.618. The van der Waals surface area contributed by atoms with Gasteiger partial charge in [0.2, 0.25) is 15.9 Å². The number of sulfonamides is 1. The molecule has 11 heteroatoms. The number of hydrogen-bond donors (Lipinski definition) is 1. The van der Waals surface area contributed by atoms with Crippen LogP contribution >= 0.6 is 11.6 Å². The van der Waals surface area contributed by atoms with Crippen molar-refractivity contribution >= 4 is 44.0 Å². The molecule has 0 atom stereocenters. The molecule has 0 radical (unpaired) electrons. The third kappa shape index (κ3) is 4.47. The van der Waals surface area contributed by atoms with Crippen LogP contribution in [0.1, 0.15) is 0 Å². The van der Waals surface area contributed by atoms with E-state index in [1.165, 1.54) is 28.7 Å². The Kier molecular flexibility index (Phi) is 6.05. The maximum Gasteiger partial charge on any atom is 0.275 e. The molecule has 1 aromatic heterocycles. The molecule has 162 valence electrons. The first-order valence-corrected chi connectivity index (χ1v) is 11.3. The molecule has 1 aliphatic rings. The summed E-state index contributed by atoms with van der Waals surface area (Å²) in [6, 6.07) is 11.2. The fourth-order valence-corrected chi connectivity index (χ4v) is 5.19. The molecule has 4 rings (SSSR count). The summed E-state index contributed by atoms with van der Waals surface area (Å²) in [4.78, 5) is 24.9. The number of carbonyl (C=O) groups excluding carboxylic acids is 1. The Morgan fingerprint density at radius 3 is 2.68 bits per heavy atom. The van der Waals surface area contributed by atoms with Crippen LogP contribution in [0.2, 0.25) is 5.02 Å². The van der Waals surface area contributed by atoms with Gasteiger partial charge in [0.15, 0.2) is 0 Å². The lowest BCUT2D eigenvalue weighted by atomic mass is 10.2. The lowest BCUT2D eigenvalue weighted by Gasteiger charge is -2.26. The normalized spacial score (nSPS) is 15.1. The number of ether oxygens (including phenoxy) is 1. The number of hydrogen-bond acceptors (Lipinski definition) is 6. The van der Waals surface area contributed by atoms with Crippen molar-refractivity contribution in [3.63, 3.8) is 0 Å². The minimum Gasteiger partial charge on any atom is -0.379 e. The molecule has 31 heavy (non-hydrogen) atoms. The van der Waals surface area contributed by atoms with Crippen molar-refractivity contribution in [3.05, 3.63) is 64.0 Å². The molecule has 1 amide bonds. The molecule has 3 aromatic rings. The van der Waals surface area contributed by atoms with Gasteiger partial charge >= 0.3 is 0 Å². The topological polar surface area (TPSA) is 111 Å². The predicted octanol–water partition coefficient (Wildman–Crippen LogP) is 1.71. The van der Waals surface area contributed by atoms with Crippen LogP contribution in [0, 0.1) is 0 Å². The van der Waals surface area contributed by atoms with Crippen LogP contribution in [-0.4, -0.2) is 54.7 Å². The van der Waals surface area contributed by atoms with Gasteiger partial charge in [-0.3, -0.25) is 9.59 Å². The summed E-state index contributed by atoms with van der Waals surface area (Å²) < 4.78 is 33.4. The summed E-state index contributed by atoms with van der Waals surface area (Å²) in [5.41, 5.74) is -0.144. The fraction of sp³-hybridized carbons (Fsp3) is 0.250. The number of morpholine rings is 1. The molecule has 2 aromatic carbocycles. The van der Waals surface area contributed by atoms with Gasteiger partial charge < -0.3 is 10.1 Å². The summed E-state index contributed by atoms with van der Waals surface area (Å²) in [6.07, 6.45) is 1.51. The lowest BCUT2D eigenvalue weighted by molar-refractivity contribution is -0.117. The maximum atomic E-state index is 12.9. The van der Waals surface area contributed by atoms with E-state index >= 15 is 0 Å². The number of rotatable bonds is 5. The van der Waals surface area contributed by atoms with Crippen molar-refractivity contribution in [2.24, 2.45) is 0 Å². The molecule has 1 aliphatic heterocycles. The summed E-state index contributed by atoms with van der Waals surface area (Å²) in [5.74, 6) is -0.526. The summed E-state index contributed by atoms with van der Waals surface area (Å²) in [5, 5.41) is 7.82. The number of nitrogens with one attached hydrogen (secondary N) is 1. The summed E-state index contributed by atoms with van der Waals surface area (Å²) in [7, 11) is -3.84. The number of benzene rings is 2. The second-order valence-corrected chi connectivity index (χ2v) is 9.22. The van der Waals surface area contributed by atoms with E-state index in [-0.39, 0.29) is 40.8 Å². The van der Waals surface area contributed by atoms with Gasteiger partial charge in [0.05, 0.1) is 29.8 Å². The van der Waals surface area contributed by atoms with Crippen LogP contribution in [0.5, 0.6) is 0 Å². The standard InChI is InChI=1S/C20H19ClN4O5S/c21-17-6-5-15(11-18(17)31(28,29)24-7-9-30-10-8-24)23-19(26)13-25-20(27)16-4-2-1-3-14(16)12-22-25/h1-6,11-12H,7-10,13H2,(H,23,26). The molecular formula is C20H19ClN4O5S. The number of fused-ring (bicyclic) bond motifs is 1. The number of aromatic nitrogens is 2. The molecule has 0 saturated carbocycles. The van der Waals surface area contributed by atoms with E-state index in [1.807, 2.05) is 0 Å². The predicted molar refractivity (Wildman–Crippen MR) is 116 cm³/mol. The second kappa shape index (κ2) is 8.75. The highest BCUT2D eigenvalue weighted by Gasteiger charge is 2.28. The van der Waals surface area contributed by atoms with Gasteiger partial charge in [0.25, 0.3) is 5.56 Å². The number of anilines is 1. The molecule has 0 spiro atoms. The first-order valence-electron chi connectivity index (χ1n) is 9.48. The largest absolute Gasteiger partial charge is 0.379 e. The molecular weight excluding hydrogens is 444 g/mol. The first kappa shape index (κ1) is 21.4. The zero-order valence-corrected chi connectivity index (χ0v) is 17.9. The molecule has 9 nitrogen and oxygen atoms in total. The van der Waals surface area contributed by atoms with E-state index in [9.17, 15) is 18.0 Å². The number of amides is 1. The van der Waals surface area contributed by atoms with Crippen molar-refractivity contribution in [1.82, 2.24) is 14.1 Å². The van der Waals surface area contributed by atoms with Crippen LogP contribution in [0.25, 0.3) is 10.8 Å². The molecule has 0 aliphatic carbocycles. The Hall–Kier alpha value is -2.79. The highest BCUT2D eigenvalue weighted by atomic mass is 35.5. The van der Waals surface area contributed by atoms with E-state index in [0.29, 0.717) is 24.0 Å². The van der Waals surface area contributed by atoms with Crippen molar-refractivity contribution in [2.75, 3.05) is 31.6 Å². The minimum absolute atomic E-state index is 0.0527. The molecule has 0 bridgehead atoms. The maximum absolute atomic E-state index is 12.9. The molecule has 0 unspecified atom stereocenters. The van der Waals surface area contributed by atoms with E-state index in [0.717, 1.165) is 4.68 Å². The molecule has 1 N–H and O–H groups in total. The van der Waals surface area contributed by atoms with Crippen LogP contribution < -0.4 is 10.9 Å². The molecule has 2 heterocycles. The Morgan fingerprint density at radius 2 is 1.90 bits per heavy atom. The van der Waals surface area contributed by atoms with E-state index in [2.05, 4.69) is 10.4 Å². The minimum atomic E-state index is -3.84. The summed E-state index contributed by atoms with van der Waals surface area (Å²) in [6.45, 7) is 0.747. The fourth-order valence-electron chi connectivity index (χ4n) is 3.28. The highest BCUT2D eigenvalue weighted by Crippen LogP contribution is 2.28. The van der Waals surface area contributed by atoms with Crippen molar-refractivity contribution in [2.45, 2.75) is 11.4 Å². The smallest absolute Gasteiger partial charge is 0.275 e. The van der Waals surface area contributed by atoms with E-state index in [1.54, 1.807) is 24.3 Å². The lowest BCUT2D eigenvalue weighted by Crippen LogP contribution is -2.40. The molecule has 1 saturated heterocycles. The Bertz CT molecular complexity index is 1300. The monoisotopic (exact) mass is 462 g/mol. The summed E-state index contributed by atoms with van der Waals surface area (Å²) >= 11 is 6.14. The Balaban J connectivity index is 1.55. The van der Waals surface area contributed by atoms with Gasteiger partial charge in [-0.1, -0.05) is 29.8 Å². The van der Waals surface area contributed by atoms with Crippen molar-refractivity contribution in [1.29, 1.82) is 0 Å². The van der Waals surface area contributed by atoms with Gasteiger partial charge in [-0.25, -0.2) is 13.1 Å². The van der Waals surface area contributed by atoms with E-state index < -0.39 is 15.9 Å². The molecule has 1 fully saturated rings. The average Bonchev–Trinajstić information content (AvgIpc) is 2.78. The van der Waals surface area contributed by atoms with Crippen LogP contribution in [-0.2, 0) is 26.1 Å². The Morgan fingerprint density at radius 1 is 1.16 bits per heavy atom. The zero-order chi connectivity index (χ0) is 22.0. The zero-order valence-electron chi connectivity index (χ0n) is 16.3. The highest BCUT2D eigenvalue weighted by molar-refractivity contribution is 7.89. The number of halogens is 1. The third-order valence-electron chi connectivity index (χ3n) is 4.86. The number of carbonyl (C=O) groups is 1. The SMILES string of the molecule is O=C(Cn1ncc2ccccc2c1=O)Nc1ccc(Cl)c(S(=O)(=O)N2CCOCC2)c1.